The van der Waals surface area contributed by atoms with Gasteiger partial charge in [-0.3, -0.25) is 4.79 Å². The molecule has 3 nitrogen and oxygen atoms in total. The van der Waals surface area contributed by atoms with Gasteiger partial charge in [0.15, 0.2) is 5.76 Å². The number of phenols is 1. The van der Waals surface area contributed by atoms with Crippen LogP contribution in [0.4, 0.5) is 0 Å². The molecule has 20 heavy (non-hydrogen) atoms. The van der Waals surface area contributed by atoms with Gasteiger partial charge < -0.3 is 9.52 Å². The van der Waals surface area contributed by atoms with Gasteiger partial charge in [-0.15, -0.1) is 0 Å². The Kier molecular flexibility index (Phi) is 3.16. The zero-order valence-electron chi connectivity index (χ0n) is 10.1. The molecule has 1 N–H and O–H groups in total. The summed E-state index contributed by atoms with van der Waals surface area (Å²) in [5.41, 5.74) is 0.811. The van der Waals surface area contributed by atoms with Crippen LogP contribution in [0.3, 0.4) is 0 Å². The topological polar surface area (TPSA) is 50.4 Å². The normalized spacial score (nSPS) is 10.9. The zero-order valence-corrected chi connectivity index (χ0v) is 11.6. The van der Waals surface area contributed by atoms with Gasteiger partial charge in [-0.25, -0.2) is 0 Å². The van der Waals surface area contributed by atoms with Crippen molar-refractivity contribution in [2.24, 2.45) is 0 Å². The molecule has 0 bridgehead atoms. The van der Waals surface area contributed by atoms with Crippen molar-refractivity contribution in [3.63, 3.8) is 0 Å². The second-order valence-electron chi connectivity index (χ2n) is 4.24. The Balaban J connectivity index is 2.11. The summed E-state index contributed by atoms with van der Waals surface area (Å²) in [7, 11) is 0. The Morgan fingerprint density at radius 2 is 1.80 bits per heavy atom. The van der Waals surface area contributed by atoms with Gasteiger partial charge in [0.05, 0.1) is 5.02 Å². The number of ketones is 1. The highest BCUT2D eigenvalue weighted by Gasteiger charge is 2.20. The fourth-order valence-electron chi connectivity index (χ4n) is 1.94. The number of hydrogen-bond acceptors (Lipinski definition) is 3. The first-order chi connectivity index (χ1) is 9.58. The molecule has 0 radical (unpaired) electrons. The second kappa shape index (κ2) is 4.85. The van der Waals surface area contributed by atoms with E-state index >= 15 is 0 Å². The van der Waals surface area contributed by atoms with Crippen molar-refractivity contribution in [2.75, 3.05) is 0 Å². The average Bonchev–Trinajstić information content (AvgIpc) is 2.88. The molecule has 100 valence electrons. The van der Waals surface area contributed by atoms with E-state index in [2.05, 4.69) is 0 Å². The maximum absolute atomic E-state index is 12.4. The molecule has 0 aliphatic rings. The third kappa shape index (κ3) is 2.05. The van der Waals surface area contributed by atoms with Crippen LogP contribution in [0.2, 0.25) is 10.0 Å². The van der Waals surface area contributed by atoms with Crippen LogP contribution in [0.5, 0.6) is 5.75 Å². The molecule has 0 fully saturated rings. The summed E-state index contributed by atoms with van der Waals surface area (Å²) in [5.74, 6) is -0.374. The fraction of sp³-hybridized carbons (Fsp3) is 0. The minimum atomic E-state index is -0.381. The van der Waals surface area contributed by atoms with Crippen molar-refractivity contribution < 1.29 is 14.3 Å². The lowest BCUT2D eigenvalue weighted by atomic mass is 10.1. The van der Waals surface area contributed by atoms with Gasteiger partial charge in [-0.1, -0.05) is 41.4 Å². The molecule has 1 aromatic heterocycles. The minimum Gasteiger partial charge on any atom is -0.506 e. The largest absolute Gasteiger partial charge is 0.506 e. The van der Waals surface area contributed by atoms with Crippen LogP contribution < -0.4 is 0 Å². The van der Waals surface area contributed by atoms with Crippen molar-refractivity contribution in [2.45, 2.75) is 0 Å². The first kappa shape index (κ1) is 13.0. The van der Waals surface area contributed by atoms with Gasteiger partial charge in [0.1, 0.15) is 16.4 Å². The van der Waals surface area contributed by atoms with E-state index in [1.165, 1.54) is 12.1 Å². The van der Waals surface area contributed by atoms with E-state index in [1.807, 2.05) is 18.2 Å². The smallest absolute Gasteiger partial charge is 0.229 e. The van der Waals surface area contributed by atoms with E-state index in [0.717, 1.165) is 5.39 Å². The molecule has 0 aliphatic carbocycles. The van der Waals surface area contributed by atoms with E-state index < -0.39 is 0 Å². The number of fused-ring (bicyclic) bond motifs is 1. The molecule has 3 rings (SSSR count). The summed E-state index contributed by atoms with van der Waals surface area (Å²) in [6.45, 7) is 0. The van der Waals surface area contributed by atoms with Gasteiger partial charge in [0.25, 0.3) is 0 Å². The van der Waals surface area contributed by atoms with E-state index in [-0.39, 0.29) is 32.9 Å². The summed E-state index contributed by atoms with van der Waals surface area (Å²) in [5, 5.41) is 10.2. The first-order valence-corrected chi connectivity index (χ1v) is 6.54. The molecule has 2 aromatic carbocycles. The highest BCUT2D eigenvalue weighted by atomic mass is 35.5. The molecule has 0 saturated carbocycles. The number of para-hydroxylation sites is 1. The van der Waals surface area contributed by atoms with Crippen LogP contribution in [0.15, 0.2) is 46.9 Å². The van der Waals surface area contributed by atoms with Crippen molar-refractivity contribution in [3.8, 4) is 5.75 Å². The number of furan rings is 1. The number of phenolic OH excluding ortho intramolecular Hbond substituents is 1. The van der Waals surface area contributed by atoms with E-state index in [9.17, 15) is 9.90 Å². The highest BCUT2D eigenvalue weighted by molar-refractivity contribution is 6.45. The lowest BCUT2D eigenvalue weighted by molar-refractivity contribution is 0.101. The molecule has 0 aliphatic heterocycles. The molecule has 1 heterocycles. The van der Waals surface area contributed by atoms with Crippen LogP contribution in [0.1, 0.15) is 16.1 Å². The fourth-order valence-corrected chi connectivity index (χ4v) is 2.35. The number of aromatic hydroxyl groups is 1. The molecule has 0 amide bonds. The molecule has 0 atom stereocenters. The molecule has 3 aromatic rings. The number of halogens is 2. The number of rotatable bonds is 2. The summed E-state index contributed by atoms with van der Waals surface area (Å²) in [6.07, 6.45) is 0. The summed E-state index contributed by atoms with van der Waals surface area (Å²) < 4.78 is 5.50. The lowest BCUT2D eigenvalue weighted by Gasteiger charge is -2.04. The second-order valence-corrected chi connectivity index (χ2v) is 4.99. The standard InChI is InChI=1S/C15H8Cl2O3/c16-13-9(5-6-10(18)14(13)17)15(19)12-7-8-3-1-2-4-11(8)20-12/h1-7,18H. The predicted molar refractivity (Wildman–Crippen MR) is 77.8 cm³/mol. The molecule has 0 spiro atoms. The van der Waals surface area contributed by atoms with E-state index in [4.69, 9.17) is 27.6 Å². The van der Waals surface area contributed by atoms with Crippen LogP contribution in [-0.2, 0) is 0 Å². The maximum Gasteiger partial charge on any atom is 0.229 e. The van der Waals surface area contributed by atoms with Crippen LogP contribution in [0.25, 0.3) is 11.0 Å². The highest BCUT2D eigenvalue weighted by Crippen LogP contribution is 2.35. The van der Waals surface area contributed by atoms with Crippen molar-refractivity contribution >= 4 is 40.0 Å². The van der Waals surface area contributed by atoms with E-state index in [1.54, 1.807) is 12.1 Å². The first-order valence-electron chi connectivity index (χ1n) is 5.78. The molecule has 0 unspecified atom stereocenters. The van der Waals surface area contributed by atoms with Crippen LogP contribution in [0, 0.1) is 0 Å². The van der Waals surface area contributed by atoms with Crippen molar-refractivity contribution in [3.05, 3.63) is 63.8 Å². The van der Waals surface area contributed by atoms with Gasteiger partial charge >= 0.3 is 0 Å². The lowest BCUT2D eigenvalue weighted by Crippen LogP contribution is -2.00. The molecular formula is C15H8Cl2O3. The zero-order chi connectivity index (χ0) is 14.3. The third-order valence-corrected chi connectivity index (χ3v) is 3.83. The monoisotopic (exact) mass is 306 g/mol. The summed E-state index contributed by atoms with van der Waals surface area (Å²) >= 11 is 11.8. The van der Waals surface area contributed by atoms with Crippen molar-refractivity contribution in [1.82, 2.24) is 0 Å². The quantitative estimate of drug-likeness (QED) is 0.700. The summed E-state index contributed by atoms with van der Waals surface area (Å²) in [4.78, 5) is 12.4. The van der Waals surface area contributed by atoms with Gasteiger partial charge in [-0.2, -0.15) is 0 Å². The molecule has 5 heteroatoms. The van der Waals surface area contributed by atoms with E-state index in [0.29, 0.717) is 5.58 Å². The SMILES string of the molecule is O=C(c1cc2ccccc2o1)c1ccc(O)c(Cl)c1Cl. The Bertz CT molecular complexity index is 788. The maximum atomic E-state index is 12.4. The number of carbonyl (C=O) groups excluding carboxylic acids is 1. The van der Waals surface area contributed by atoms with Crippen molar-refractivity contribution in [1.29, 1.82) is 0 Å². The number of carbonyl (C=O) groups is 1. The Labute approximate surface area is 124 Å². The summed E-state index contributed by atoms with van der Waals surface area (Å²) in [6, 6.07) is 11.7. The molecule has 0 saturated heterocycles. The molecular weight excluding hydrogens is 299 g/mol. The average molecular weight is 307 g/mol. The Morgan fingerprint density at radius 3 is 2.55 bits per heavy atom. The number of benzene rings is 2. The Morgan fingerprint density at radius 1 is 1.05 bits per heavy atom. The minimum absolute atomic E-state index is 0.0112. The van der Waals surface area contributed by atoms with Crippen LogP contribution >= 0.6 is 23.2 Å². The van der Waals surface area contributed by atoms with Gasteiger partial charge in [0, 0.05) is 10.9 Å². The number of hydrogen-bond donors (Lipinski definition) is 1. The van der Waals surface area contributed by atoms with Gasteiger partial charge in [0.2, 0.25) is 5.78 Å². The third-order valence-electron chi connectivity index (χ3n) is 2.96. The van der Waals surface area contributed by atoms with Crippen LogP contribution in [-0.4, -0.2) is 10.9 Å². The predicted octanol–water partition coefficient (Wildman–Crippen LogP) is 4.68. The van der Waals surface area contributed by atoms with Gasteiger partial charge in [-0.05, 0) is 24.3 Å². The Hall–Kier alpha value is -1.97.